The lowest BCUT2D eigenvalue weighted by Crippen LogP contribution is -2.47. The van der Waals surface area contributed by atoms with Crippen molar-refractivity contribution in [2.45, 2.75) is 45.6 Å². The summed E-state index contributed by atoms with van der Waals surface area (Å²) in [5, 5.41) is 1.54. The van der Waals surface area contributed by atoms with Gasteiger partial charge in [0.05, 0.1) is 20.3 Å². The maximum atomic E-state index is 5.76. The van der Waals surface area contributed by atoms with Crippen molar-refractivity contribution in [2.24, 2.45) is 0 Å². The van der Waals surface area contributed by atoms with Gasteiger partial charge in [-0.05, 0) is 19.4 Å². The maximum absolute atomic E-state index is 5.76. The van der Waals surface area contributed by atoms with E-state index in [-0.39, 0.29) is 5.60 Å². The van der Waals surface area contributed by atoms with Crippen LogP contribution in [0.3, 0.4) is 0 Å². The highest BCUT2D eigenvalue weighted by atomic mass is 28.3. The third kappa shape index (κ3) is 4.16. The van der Waals surface area contributed by atoms with Gasteiger partial charge in [-0.2, -0.15) is 0 Å². The van der Waals surface area contributed by atoms with Gasteiger partial charge < -0.3 is 4.74 Å². The SMILES string of the molecule is CC1(C)CN(Cc2ccc([Si](C)(C)C)cc2)CCO1. The molecule has 0 aliphatic carbocycles. The lowest BCUT2D eigenvalue weighted by atomic mass is 10.1. The van der Waals surface area contributed by atoms with Gasteiger partial charge in [-0.15, -0.1) is 0 Å². The molecule has 1 aliphatic rings. The minimum absolute atomic E-state index is 0.00346. The number of rotatable bonds is 3. The highest BCUT2D eigenvalue weighted by Crippen LogP contribution is 2.18. The van der Waals surface area contributed by atoms with E-state index in [1.807, 2.05) is 0 Å². The molecule has 0 radical (unpaired) electrons. The molecule has 0 aromatic heterocycles. The van der Waals surface area contributed by atoms with Crippen LogP contribution in [0.4, 0.5) is 0 Å². The smallest absolute Gasteiger partial charge is 0.0775 e. The van der Waals surface area contributed by atoms with Gasteiger partial charge in [0.1, 0.15) is 0 Å². The molecule has 19 heavy (non-hydrogen) atoms. The van der Waals surface area contributed by atoms with E-state index in [1.54, 1.807) is 5.19 Å². The van der Waals surface area contributed by atoms with Crippen LogP contribution in [0.15, 0.2) is 24.3 Å². The van der Waals surface area contributed by atoms with Crippen molar-refractivity contribution in [1.29, 1.82) is 0 Å². The Labute approximate surface area is 118 Å². The molecule has 2 rings (SSSR count). The van der Waals surface area contributed by atoms with Crippen LogP contribution in [0.25, 0.3) is 0 Å². The van der Waals surface area contributed by atoms with Crippen LogP contribution in [-0.4, -0.2) is 38.3 Å². The number of nitrogens with zero attached hydrogens (tertiary/aromatic N) is 1. The van der Waals surface area contributed by atoms with E-state index in [2.05, 4.69) is 62.7 Å². The highest BCUT2D eigenvalue weighted by molar-refractivity contribution is 6.88. The topological polar surface area (TPSA) is 12.5 Å². The molecule has 0 bridgehead atoms. The average molecular weight is 277 g/mol. The van der Waals surface area contributed by atoms with Crippen LogP contribution >= 0.6 is 0 Å². The molecule has 0 atom stereocenters. The zero-order chi connectivity index (χ0) is 14.1. The second-order valence-corrected chi connectivity index (χ2v) is 12.3. The first-order chi connectivity index (χ1) is 8.76. The summed E-state index contributed by atoms with van der Waals surface area (Å²) in [6.45, 7) is 15.5. The van der Waals surface area contributed by atoms with Crippen LogP contribution in [0.5, 0.6) is 0 Å². The van der Waals surface area contributed by atoms with Gasteiger partial charge in [-0.25, -0.2) is 0 Å². The number of hydrogen-bond donors (Lipinski definition) is 0. The normalized spacial score (nSPS) is 20.5. The minimum Gasteiger partial charge on any atom is -0.373 e. The molecule has 1 aromatic rings. The van der Waals surface area contributed by atoms with Crippen LogP contribution in [0.1, 0.15) is 19.4 Å². The standard InChI is InChI=1S/C16H27NOSi/c1-16(2)13-17(10-11-18-16)12-14-6-8-15(9-7-14)19(3,4)5/h6-9H,10-13H2,1-5H3. The molecule has 0 N–H and O–H groups in total. The van der Waals surface area contributed by atoms with Crippen molar-refractivity contribution in [3.8, 4) is 0 Å². The Morgan fingerprint density at radius 1 is 1.16 bits per heavy atom. The number of benzene rings is 1. The van der Waals surface area contributed by atoms with E-state index in [9.17, 15) is 0 Å². The van der Waals surface area contributed by atoms with Gasteiger partial charge in [-0.3, -0.25) is 4.90 Å². The lowest BCUT2D eigenvalue weighted by Gasteiger charge is -2.38. The Morgan fingerprint density at radius 3 is 2.32 bits per heavy atom. The molecule has 1 heterocycles. The van der Waals surface area contributed by atoms with Crippen LogP contribution in [-0.2, 0) is 11.3 Å². The van der Waals surface area contributed by atoms with Crippen molar-refractivity contribution < 1.29 is 4.74 Å². The Kier molecular flexibility index (Phi) is 4.19. The third-order valence-electron chi connectivity index (χ3n) is 3.73. The maximum Gasteiger partial charge on any atom is 0.0775 e. The molecule has 3 heteroatoms. The summed E-state index contributed by atoms with van der Waals surface area (Å²) in [4.78, 5) is 2.49. The van der Waals surface area contributed by atoms with Gasteiger partial charge >= 0.3 is 0 Å². The minimum atomic E-state index is -1.17. The molecule has 0 amide bonds. The molecule has 106 valence electrons. The van der Waals surface area contributed by atoms with Gasteiger partial charge in [0, 0.05) is 19.6 Å². The summed E-state index contributed by atoms with van der Waals surface area (Å²) < 4.78 is 5.76. The third-order valence-corrected chi connectivity index (χ3v) is 5.80. The van der Waals surface area contributed by atoms with E-state index in [0.29, 0.717) is 0 Å². The van der Waals surface area contributed by atoms with Crippen molar-refractivity contribution >= 4 is 13.3 Å². The van der Waals surface area contributed by atoms with Crippen molar-refractivity contribution in [3.63, 3.8) is 0 Å². The molecule has 1 fully saturated rings. The summed E-state index contributed by atoms with van der Waals surface area (Å²) in [6.07, 6.45) is 0. The summed E-state index contributed by atoms with van der Waals surface area (Å²) in [5.41, 5.74) is 1.41. The zero-order valence-electron chi connectivity index (χ0n) is 13.0. The Hall–Kier alpha value is -0.643. The van der Waals surface area contributed by atoms with E-state index in [4.69, 9.17) is 4.74 Å². The molecule has 1 saturated heterocycles. The second-order valence-electron chi connectivity index (χ2n) is 7.27. The van der Waals surface area contributed by atoms with Crippen molar-refractivity contribution in [2.75, 3.05) is 19.7 Å². The molecule has 0 unspecified atom stereocenters. The first-order valence-electron chi connectivity index (χ1n) is 7.22. The van der Waals surface area contributed by atoms with Crippen LogP contribution in [0, 0.1) is 0 Å². The van der Waals surface area contributed by atoms with E-state index in [1.165, 1.54) is 5.56 Å². The lowest BCUT2D eigenvalue weighted by molar-refractivity contribution is -0.0882. The molecule has 0 spiro atoms. The Morgan fingerprint density at radius 2 is 1.79 bits per heavy atom. The largest absolute Gasteiger partial charge is 0.373 e. The van der Waals surface area contributed by atoms with Crippen molar-refractivity contribution in [3.05, 3.63) is 29.8 Å². The second kappa shape index (κ2) is 5.39. The number of ether oxygens (including phenoxy) is 1. The molecular formula is C16H27NOSi. The fourth-order valence-electron chi connectivity index (χ4n) is 2.62. The first kappa shape index (κ1) is 14.8. The Bertz CT molecular complexity index is 419. The molecule has 2 nitrogen and oxygen atoms in total. The van der Waals surface area contributed by atoms with E-state index < -0.39 is 8.07 Å². The molecule has 0 saturated carbocycles. The predicted molar refractivity (Wildman–Crippen MR) is 84.7 cm³/mol. The highest BCUT2D eigenvalue weighted by Gasteiger charge is 2.27. The van der Waals surface area contributed by atoms with Crippen molar-refractivity contribution in [1.82, 2.24) is 4.90 Å². The average Bonchev–Trinajstić information content (AvgIpc) is 2.27. The quantitative estimate of drug-likeness (QED) is 0.788. The molecular weight excluding hydrogens is 250 g/mol. The van der Waals surface area contributed by atoms with Crippen LogP contribution < -0.4 is 5.19 Å². The van der Waals surface area contributed by atoms with E-state index >= 15 is 0 Å². The summed E-state index contributed by atoms with van der Waals surface area (Å²) >= 11 is 0. The fourth-order valence-corrected chi connectivity index (χ4v) is 3.78. The van der Waals surface area contributed by atoms with E-state index in [0.717, 1.165) is 26.2 Å². The summed E-state index contributed by atoms with van der Waals surface area (Å²) in [6, 6.07) is 9.26. The zero-order valence-corrected chi connectivity index (χ0v) is 14.0. The summed E-state index contributed by atoms with van der Waals surface area (Å²) in [5.74, 6) is 0. The van der Waals surface area contributed by atoms with Gasteiger partial charge in [0.15, 0.2) is 0 Å². The molecule has 1 aliphatic heterocycles. The first-order valence-corrected chi connectivity index (χ1v) is 10.7. The number of hydrogen-bond acceptors (Lipinski definition) is 2. The Balaban J connectivity index is 2.00. The van der Waals surface area contributed by atoms with Crippen LogP contribution in [0.2, 0.25) is 19.6 Å². The summed E-state index contributed by atoms with van der Waals surface area (Å²) in [7, 11) is -1.17. The van der Waals surface area contributed by atoms with Gasteiger partial charge in [0.2, 0.25) is 0 Å². The van der Waals surface area contributed by atoms with Gasteiger partial charge in [0.25, 0.3) is 0 Å². The van der Waals surface area contributed by atoms with Gasteiger partial charge in [-0.1, -0.05) is 49.1 Å². The fraction of sp³-hybridized carbons (Fsp3) is 0.625. The predicted octanol–water partition coefficient (Wildman–Crippen LogP) is 2.84. The molecule has 1 aromatic carbocycles. The number of morpholine rings is 1. The monoisotopic (exact) mass is 277 g/mol.